The molecule has 5 heteroatoms. The first kappa shape index (κ1) is 12.3. The third-order valence-corrected chi connectivity index (χ3v) is 2.85. The van der Waals surface area contributed by atoms with Crippen molar-refractivity contribution in [1.82, 2.24) is 4.98 Å². The molecule has 0 bridgehead atoms. The van der Waals surface area contributed by atoms with Crippen molar-refractivity contribution in [3.63, 3.8) is 0 Å². The van der Waals surface area contributed by atoms with E-state index in [2.05, 4.69) is 9.98 Å². The molecule has 0 saturated carbocycles. The van der Waals surface area contributed by atoms with Gasteiger partial charge < -0.3 is 4.90 Å². The minimum absolute atomic E-state index is 0.505. The number of pyridine rings is 1. The van der Waals surface area contributed by atoms with Crippen LogP contribution in [0.1, 0.15) is 6.92 Å². The molecule has 0 fully saturated rings. The van der Waals surface area contributed by atoms with Crippen LogP contribution in [0.15, 0.2) is 23.3 Å². The molecule has 0 unspecified atom stereocenters. The van der Waals surface area contributed by atoms with Crippen molar-refractivity contribution >= 4 is 34.2 Å². The van der Waals surface area contributed by atoms with Gasteiger partial charge in [0.05, 0.1) is 11.9 Å². The second kappa shape index (κ2) is 5.98. The van der Waals surface area contributed by atoms with E-state index in [1.54, 1.807) is 24.0 Å². The summed E-state index contributed by atoms with van der Waals surface area (Å²) in [6, 6.07) is 3.70. The fraction of sp³-hybridized carbons (Fsp3) is 0.400. The van der Waals surface area contributed by atoms with E-state index in [1.807, 2.05) is 31.2 Å². The first-order chi connectivity index (χ1) is 7.19. The van der Waals surface area contributed by atoms with E-state index in [1.165, 1.54) is 0 Å². The molecule has 0 radical (unpaired) electrons. The number of nitrogens with zero attached hydrogens (tertiary/aromatic N) is 3. The predicted octanol–water partition coefficient (Wildman–Crippen LogP) is 2.91. The summed E-state index contributed by atoms with van der Waals surface area (Å²) in [4.78, 5) is 10.4. The van der Waals surface area contributed by atoms with Crippen LogP contribution in [0.4, 0.5) is 5.69 Å². The number of aliphatic imine (C=N–C) groups is 1. The molecule has 0 spiro atoms. The quantitative estimate of drug-likeness (QED) is 0.454. The van der Waals surface area contributed by atoms with Crippen LogP contribution >= 0.6 is 23.4 Å². The average molecular weight is 244 g/mol. The van der Waals surface area contributed by atoms with Gasteiger partial charge in [0.15, 0.2) is 5.17 Å². The number of anilines is 1. The molecule has 1 rings (SSSR count). The molecule has 0 saturated heterocycles. The Balaban J connectivity index is 2.87. The van der Waals surface area contributed by atoms with Gasteiger partial charge in [0, 0.05) is 13.6 Å². The first-order valence-electron chi connectivity index (χ1n) is 4.62. The number of halogens is 1. The van der Waals surface area contributed by atoms with Crippen LogP contribution in [0.3, 0.4) is 0 Å². The molecule has 3 nitrogen and oxygen atoms in total. The molecule has 0 amide bonds. The topological polar surface area (TPSA) is 28.5 Å². The summed E-state index contributed by atoms with van der Waals surface area (Å²) in [6.07, 6.45) is 3.75. The SMILES string of the molecule is CC/N=C(\SC)N(C)c1ccc(Cl)nc1. The number of thioether (sulfide) groups is 1. The van der Waals surface area contributed by atoms with Crippen LogP contribution < -0.4 is 4.90 Å². The monoisotopic (exact) mass is 243 g/mol. The third-order valence-electron chi connectivity index (χ3n) is 1.86. The lowest BCUT2D eigenvalue weighted by Crippen LogP contribution is -2.23. The zero-order chi connectivity index (χ0) is 11.3. The maximum absolute atomic E-state index is 5.73. The smallest absolute Gasteiger partial charge is 0.163 e. The summed E-state index contributed by atoms with van der Waals surface area (Å²) in [7, 11) is 1.97. The number of aromatic nitrogens is 1. The Kier molecular flexibility index (Phi) is 4.91. The van der Waals surface area contributed by atoms with E-state index < -0.39 is 0 Å². The van der Waals surface area contributed by atoms with Crippen LogP contribution in [-0.4, -0.2) is 30.0 Å². The normalized spacial score (nSPS) is 11.6. The molecule has 0 aliphatic rings. The van der Waals surface area contributed by atoms with Gasteiger partial charge in [-0.2, -0.15) is 0 Å². The van der Waals surface area contributed by atoms with Gasteiger partial charge in [-0.1, -0.05) is 23.4 Å². The zero-order valence-electron chi connectivity index (χ0n) is 9.07. The summed E-state index contributed by atoms with van der Waals surface area (Å²) < 4.78 is 0. The third kappa shape index (κ3) is 3.39. The summed E-state index contributed by atoms with van der Waals surface area (Å²) in [5, 5.41) is 1.48. The predicted molar refractivity (Wildman–Crippen MR) is 69.1 cm³/mol. The summed E-state index contributed by atoms with van der Waals surface area (Å²) in [5.41, 5.74) is 0.987. The fourth-order valence-electron chi connectivity index (χ4n) is 1.12. The van der Waals surface area contributed by atoms with Gasteiger partial charge in [-0.25, -0.2) is 4.98 Å². The summed E-state index contributed by atoms with van der Waals surface area (Å²) in [5.74, 6) is 0. The largest absolute Gasteiger partial charge is 0.323 e. The highest BCUT2D eigenvalue weighted by molar-refractivity contribution is 8.13. The van der Waals surface area contributed by atoms with Crippen LogP contribution in [0.5, 0.6) is 0 Å². The molecule has 0 aliphatic heterocycles. The molecule has 82 valence electrons. The lowest BCUT2D eigenvalue weighted by Gasteiger charge is -2.19. The van der Waals surface area contributed by atoms with Crippen molar-refractivity contribution in [2.24, 2.45) is 4.99 Å². The number of hydrogen-bond acceptors (Lipinski definition) is 3. The number of hydrogen-bond donors (Lipinski definition) is 0. The molecule has 0 aromatic carbocycles. The molecule has 0 atom stereocenters. The maximum Gasteiger partial charge on any atom is 0.163 e. The Labute approximate surface area is 99.6 Å². The van der Waals surface area contributed by atoms with Crippen LogP contribution in [0.2, 0.25) is 5.15 Å². The van der Waals surface area contributed by atoms with Crippen LogP contribution in [-0.2, 0) is 0 Å². The molecule has 15 heavy (non-hydrogen) atoms. The average Bonchev–Trinajstić information content (AvgIpc) is 2.26. The van der Waals surface area contributed by atoms with Gasteiger partial charge >= 0.3 is 0 Å². The Morgan fingerprint density at radius 2 is 2.33 bits per heavy atom. The van der Waals surface area contributed by atoms with Gasteiger partial charge in [0.25, 0.3) is 0 Å². The lowest BCUT2D eigenvalue weighted by atomic mass is 10.4. The van der Waals surface area contributed by atoms with Crippen molar-refractivity contribution in [2.45, 2.75) is 6.92 Å². The molecule has 1 heterocycles. The van der Waals surface area contributed by atoms with Crippen molar-refractivity contribution < 1.29 is 0 Å². The molecule has 0 aliphatic carbocycles. The summed E-state index contributed by atoms with van der Waals surface area (Å²) in [6.45, 7) is 2.80. The Bertz CT molecular complexity index is 337. The van der Waals surface area contributed by atoms with Gasteiger partial charge in [-0.3, -0.25) is 4.99 Å². The van der Waals surface area contributed by atoms with Crippen LogP contribution in [0.25, 0.3) is 0 Å². The summed E-state index contributed by atoms with van der Waals surface area (Å²) >= 11 is 7.34. The van der Waals surface area contributed by atoms with E-state index in [9.17, 15) is 0 Å². The van der Waals surface area contributed by atoms with Gasteiger partial charge in [0.1, 0.15) is 5.15 Å². The molecular weight excluding hydrogens is 230 g/mol. The van der Waals surface area contributed by atoms with E-state index >= 15 is 0 Å². The number of rotatable bonds is 2. The Hall–Kier alpha value is -0.740. The molecule has 1 aromatic rings. The van der Waals surface area contributed by atoms with Crippen LogP contribution in [0, 0.1) is 0 Å². The fourth-order valence-corrected chi connectivity index (χ4v) is 1.87. The Morgan fingerprint density at radius 1 is 1.60 bits per heavy atom. The van der Waals surface area contributed by atoms with E-state index in [4.69, 9.17) is 11.6 Å². The van der Waals surface area contributed by atoms with E-state index in [0.29, 0.717) is 5.15 Å². The van der Waals surface area contributed by atoms with Crippen molar-refractivity contribution in [3.8, 4) is 0 Å². The second-order valence-electron chi connectivity index (χ2n) is 2.86. The molecule has 0 N–H and O–H groups in total. The zero-order valence-corrected chi connectivity index (χ0v) is 10.6. The van der Waals surface area contributed by atoms with E-state index in [-0.39, 0.29) is 0 Å². The minimum atomic E-state index is 0.505. The number of amidine groups is 1. The highest BCUT2D eigenvalue weighted by atomic mass is 35.5. The highest BCUT2D eigenvalue weighted by Gasteiger charge is 2.07. The molecule has 1 aromatic heterocycles. The highest BCUT2D eigenvalue weighted by Crippen LogP contribution is 2.17. The minimum Gasteiger partial charge on any atom is -0.323 e. The lowest BCUT2D eigenvalue weighted by molar-refractivity contribution is 1.11. The van der Waals surface area contributed by atoms with Crippen molar-refractivity contribution in [3.05, 3.63) is 23.5 Å². The molecular formula is C10H14ClN3S. The van der Waals surface area contributed by atoms with Gasteiger partial charge in [0.2, 0.25) is 0 Å². The Morgan fingerprint density at radius 3 is 2.80 bits per heavy atom. The second-order valence-corrected chi connectivity index (χ2v) is 4.02. The van der Waals surface area contributed by atoms with Gasteiger partial charge in [-0.05, 0) is 25.3 Å². The maximum atomic E-state index is 5.73. The van der Waals surface area contributed by atoms with Gasteiger partial charge in [-0.15, -0.1) is 0 Å². The van der Waals surface area contributed by atoms with Crippen molar-refractivity contribution in [2.75, 3.05) is 24.7 Å². The standard InChI is InChI=1S/C10H14ClN3S/c1-4-12-10(15-3)14(2)8-5-6-9(11)13-7-8/h5-7H,4H2,1-3H3/b12-10-. The van der Waals surface area contributed by atoms with Crippen molar-refractivity contribution in [1.29, 1.82) is 0 Å². The van der Waals surface area contributed by atoms with E-state index in [0.717, 1.165) is 17.4 Å². The first-order valence-corrected chi connectivity index (χ1v) is 6.23.